The number of halogens is 1. The van der Waals surface area contributed by atoms with Gasteiger partial charge in [0.25, 0.3) is 0 Å². The van der Waals surface area contributed by atoms with Crippen LogP contribution in [0.5, 0.6) is 0 Å². The van der Waals surface area contributed by atoms with Gasteiger partial charge in [0.1, 0.15) is 11.3 Å². The zero-order chi connectivity index (χ0) is 14.1. The summed E-state index contributed by atoms with van der Waals surface area (Å²) < 4.78 is 9.77. The van der Waals surface area contributed by atoms with Crippen LogP contribution in [-0.4, -0.2) is 32.5 Å². The Morgan fingerprint density at radius 1 is 1.40 bits per heavy atom. The van der Waals surface area contributed by atoms with Gasteiger partial charge in [0, 0.05) is 20.2 Å². The third kappa shape index (κ3) is 2.56. The molecule has 1 aliphatic carbocycles. The molecule has 0 aliphatic heterocycles. The molecule has 0 spiro atoms. The van der Waals surface area contributed by atoms with Crippen LogP contribution in [0.3, 0.4) is 0 Å². The summed E-state index contributed by atoms with van der Waals surface area (Å²) in [6.45, 7) is 4.48. The molecule has 1 fully saturated rings. The van der Waals surface area contributed by atoms with E-state index in [2.05, 4.69) is 21.6 Å². The van der Waals surface area contributed by atoms with Crippen LogP contribution in [0.15, 0.2) is 0 Å². The summed E-state index contributed by atoms with van der Waals surface area (Å²) in [4.78, 5) is 4.64. The maximum Gasteiger partial charge on any atom is 0.158 e. The van der Waals surface area contributed by atoms with Crippen molar-refractivity contribution in [2.24, 2.45) is 13.0 Å². The molecule has 2 heterocycles. The van der Waals surface area contributed by atoms with Gasteiger partial charge in [-0.2, -0.15) is 5.10 Å². The molecule has 2 aromatic heterocycles. The fraction of sp³-hybridized carbons (Fsp3) is 0.714. The van der Waals surface area contributed by atoms with Crippen molar-refractivity contribution in [3.05, 3.63) is 11.5 Å². The second-order valence-electron chi connectivity index (χ2n) is 5.43. The Bertz CT molecular complexity index is 600. The number of ether oxygens (including phenoxy) is 1. The SMILES string of the molecule is CCc1nn(C)c2c1nc(CCl)n2CCOCC1CC1. The van der Waals surface area contributed by atoms with E-state index in [0.717, 1.165) is 48.2 Å². The minimum Gasteiger partial charge on any atom is -0.379 e. The van der Waals surface area contributed by atoms with Crippen LogP contribution in [0, 0.1) is 5.92 Å². The lowest BCUT2D eigenvalue weighted by Crippen LogP contribution is -2.12. The molecule has 2 aromatic rings. The predicted molar refractivity (Wildman–Crippen MR) is 79.0 cm³/mol. The van der Waals surface area contributed by atoms with Gasteiger partial charge in [-0.25, -0.2) is 4.98 Å². The Morgan fingerprint density at radius 2 is 2.20 bits per heavy atom. The zero-order valence-electron chi connectivity index (χ0n) is 12.1. The number of fused-ring (bicyclic) bond motifs is 1. The Labute approximate surface area is 123 Å². The molecule has 0 bridgehead atoms. The van der Waals surface area contributed by atoms with Crippen molar-refractivity contribution in [1.29, 1.82) is 0 Å². The lowest BCUT2D eigenvalue weighted by molar-refractivity contribution is 0.117. The number of hydrogen-bond donors (Lipinski definition) is 0. The van der Waals surface area contributed by atoms with E-state index in [0.29, 0.717) is 12.5 Å². The molecular formula is C14H21ClN4O. The molecule has 3 rings (SSSR count). The second kappa shape index (κ2) is 5.74. The normalized spacial score (nSPS) is 15.3. The maximum atomic E-state index is 6.03. The number of imidazole rings is 1. The van der Waals surface area contributed by atoms with Crippen LogP contribution in [0.25, 0.3) is 11.2 Å². The van der Waals surface area contributed by atoms with Crippen LogP contribution >= 0.6 is 11.6 Å². The highest BCUT2D eigenvalue weighted by Crippen LogP contribution is 2.28. The Balaban J connectivity index is 1.80. The summed E-state index contributed by atoms with van der Waals surface area (Å²) >= 11 is 6.03. The topological polar surface area (TPSA) is 44.9 Å². The van der Waals surface area contributed by atoms with E-state index in [1.54, 1.807) is 0 Å². The van der Waals surface area contributed by atoms with Gasteiger partial charge in [-0.1, -0.05) is 6.92 Å². The van der Waals surface area contributed by atoms with Crippen LogP contribution < -0.4 is 0 Å². The minimum atomic E-state index is 0.417. The Kier molecular flexibility index (Phi) is 3.98. The summed E-state index contributed by atoms with van der Waals surface area (Å²) in [7, 11) is 1.96. The van der Waals surface area contributed by atoms with E-state index >= 15 is 0 Å². The van der Waals surface area contributed by atoms with Crippen molar-refractivity contribution in [1.82, 2.24) is 19.3 Å². The number of hydrogen-bond acceptors (Lipinski definition) is 3. The Morgan fingerprint density at radius 3 is 2.85 bits per heavy atom. The standard InChI is InChI=1S/C14H21ClN4O/c1-3-11-13-14(18(2)17-11)19(12(8-15)16-13)6-7-20-9-10-4-5-10/h10H,3-9H2,1-2H3. The summed E-state index contributed by atoms with van der Waals surface area (Å²) in [5.41, 5.74) is 3.06. The van der Waals surface area contributed by atoms with Crippen molar-refractivity contribution < 1.29 is 4.74 Å². The number of aromatic nitrogens is 4. The van der Waals surface area contributed by atoms with Crippen LogP contribution in [0.4, 0.5) is 0 Å². The van der Waals surface area contributed by atoms with Crippen LogP contribution in [-0.2, 0) is 30.6 Å². The van der Waals surface area contributed by atoms with E-state index in [-0.39, 0.29) is 0 Å². The maximum absolute atomic E-state index is 6.03. The highest BCUT2D eigenvalue weighted by atomic mass is 35.5. The van der Waals surface area contributed by atoms with Crippen molar-refractivity contribution in [2.45, 2.75) is 38.6 Å². The fourth-order valence-electron chi connectivity index (χ4n) is 2.55. The molecule has 0 saturated heterocycles. The lowest BCUT2D eigenvalue weighted by Gasteiger charge is -2.08. The summed E-state index contributed by atoms with van der Waals surface area (Å²) in [5, 5.41) is 4.52. The number of nitrogens with zero attached hydrogens (tertiary/aromatic N) is 4. The van der Waals surface area contributed by atoms with Gasteiger partial charge in [0.2, 0.25) is 0 Å². The zero-order valence-corrected chi connectivity index (χ0v) is 12.9. The van der Waals surface area contributed by atoms with E-state index in [4.69, 9.17) is 16.3 Å². The van der Waals surface area contributed by atoms with Crippen LogP contribution in [0.1, 0.15) is 31.3 Å². The molecule has 6 heteroatoms. The number of alkyl halides is 1. The first-order chi connectivity index (χ1) is 9.74. The number of aryl methyl sites for hydroxylation is 2. The van der Waals surface area contributed by atoms with Gasteiger partial charge < -0.3 is 9.30 Å². The second-order valence-corrected chi connectivity index (χ2v) is 5.69. The molecule has 20 heavy (non-hydrogen) atoms. The van der Waals surface area contributed by atoms with Gasteiger partial charge in [-0.3, -0.25) is 4.68 Å². The molecule has 1 saturated carbocycles. The van der Waals surface area contributed by atoms with Gasteiger partial charge in [-0.05, 0) is 25.2 Å². The minimum absolute atomic E-state index is 0.417. The molecule has 0 atom stereocenters. The third-order valence-electron chi connectivity index (χ3n) is 3.83. The first kappa shape index (κ1) is 13.9. The fourth-order valence-corrected chi connectivity index (χ4v) is 2.76. The first-order valence-electron chi connectivity index (χ1n) is 7.29. The smallest absolute Gasteiger partial charge is 0.158 e. The molecule has 0 amide bonds. The van der Waals surface area contributed by atoms with E-state index in [9.17, 15) is 0 Å². The molecule has 0 radical (unpaired) electrons. The van der Waals surface area contributed by atoms with Gasteiger partial charge in [-0.15, -0.1) is 11.6 Å². The van der Waals surface area contributed by atoms with Gasteiger partial charge in [0.15, 0.2) is 5.65 Å². The molecule has 0 aromatic carbocycles. The quantitative estimate of drug-likeness (QED) is 0.582. The van der Waals surface area contributed by atoms with Crippen LogP contribution in [0.2, 0.25) is 0 Å². The number of rotatable bonds is 7. The van der Waals surface area contributed by atoms with E-state index < -0.39 is 0 Å². The van der Waals surface area contributed by atoms with Crippen molar-refractivity contribution in [3.8, 4) is 0 Å². The summed E-state index contributed by atoms with van der Waals surface area (Å²) in [6.07, 6.45) is 3.53. The van der Waals surface area contributed by atoms with Crippen molar-refractivity contribution in [3.63, 3.8) is 0 Å². The average Bonchev–Trinajstić information content (AvgIpc) is 3.12. The molecule has 0 N–H and O–H groups in total. The van der Waals surface area contributed by atoms with Gasteiger partial charge >= 0.3 is 0 Å². The molecule has 0 unspecified atom stereocenters. The van der Waals surface area contributed by atoms with E-state index in [1.165, 1.54) is 12.8 Å². The van der Waals surface area contributed by atoms with Crippen molar-refractivity contribution in [2.75, 3.05) is 13.2 Å². The van der Waals surface area contributed by atoms with Crippen molar-refractivity contribution >= 4 is 22.8 Å². The summed E-state index contributed by atoms with van der Waals surface area (Å²) in [6, 6.07) is 0. The molecule has 110 valence electrons. The predicted octanol–water partition coefficient (Wildman–Crippen LogP) is 2.50. The largest absolute Gasteiger partial charge is 0.379 e. The highest BCUT2D eigenvalue weighted by Gasteiger charge is 2.21. The van der Waals surface area contributed by atoms with Gasteiger partial charge in [0.05, 0.1) is 18.2 Å². The van der Waals surface area contributed by atoms with E-state index in [1.807, 2.05) is 11.7 Å². The lowest BCUT2D eigenvalue weighted by atomic mass is 10.3. The first-order valence-corrected chi connectivity index (χ1v) is 7.82. The third-order valence-corrected chi connectivity index (χ3v) is 4.07. The highest BCUT2D eigenvalue weighted by molar-refractivity contribution is 6.16. The Hall–Kier alpha value is -1.07. The summed E-state index contributed by atoms with van der Waals surface area (Å²) in [5.74, 6) is 2.12. The molecule has 1 aliphatic rings. The average molecular weight is 297 g/mol. The monoisotopic (exact) mass is 296 g/mol. The molecular weight excluding hydrogens is 276 g/mol. The molecule has 5 nitrogen and oxygen atoms in total.